The molecule has 0 aliphatic heterocycles. The molecule has 1 fully saturated rings. The second-order valence-electron chi connectivity index (χ2n) is 6.68. The van der Waals surface area contributed by atoms with Gasteiger partial charge in [-0.25, -0.2) is 0 Å². The molecule has 1 heteroatoms. The molecule has 0 heterocycles. The minimum absolute atomic E-state index is 0.418. The predicted octanol–water partition coefficient (Wildman–Crippen LogP) is 5.46. The van der Waals surface area contributed by atoms with Gasteiger partial charge in [-0.2, -0.15) is 0 Å². The Morgan fingerprint density at radius 3 is 2.62 bits per heavy atom. The Labute approximate surface area is 128 Å². The Morgan fingerprint density at radius 2 is 1.71 bits per heavy atom. The molecule has 1 aliphatic rings. The summed E-state index contributed by atoms with van der Waals surface area (Å²) in [7, 11) is 0. The van der Waals surface area contributed by atoms with E-state index in [1.54, 1.807) is 0 Å². The first kappa shape index (κ1) is 14.6. The molecule has 1 nitrogen and oxygen atoms in total. The molecule has 0 saturated heterocycles. The van der Waals surface area contributed by atoms with Crippen molar-refractivity contribution in [1.82, 2.24) is 5.32 Å². The van der Waals surface area contributed by atoms with Crippen molar-refractivity contribution in [2.45, 2.75) is 58.0 Å². The summed E-state index contributed by atoms with van der Waals surface area (Å²) in [5, 5.41) is 6.65. The Hall–Kier alpha value is -1.34. The summed E-state index contributed by atoms with van der Waals surface area (Å²) in [5.41, 5.74) is 1.43. The van der Waals surface area contributed by atoms with Crippen LogP contribution < -0.4 is 5.32 Å². The highest BCUT2D eigenvalue weighted by Gasteiger charge is 2.22. The van der Waals surface area contributed by atoms with Crippen molar-refractivity contribution < 1.29 is 0 Å². The highest BCUT2D eigenvalue weighted by molar-refractivity contribution is 5.86. The third-order valence-corrected chi connectivity index (χ3v) is 5.12. The summed E-state index contributed by atoms with van der Waals surface area (Å²) in [6, 6.07) is 16.5. The topological polar surface area (TPSA) is 12.0 Å². The van der Waals surface area contributed by atoms with Crippen LogP contribution in [-0.4, -0.2) is 6.04 Å². The highest BCUT2D eigenvalue weighted by Crippen LogP contribution is 2.28. The first-order valence-corrected chi connectivity index (χ1v) is 8.49. The molecule has 1 aliphatic carbocycles. The average molecular weight is 281 g/mol. The molecule has 3 unspecified atom stereocenters. The summed E-state index contributed by atoms with van der Waals surface area (Å²) in [6.45, 7) is 4.73. The summed E-state index contributed by atoms with van der Waals surface area (Å²) in [6.07, 6.45) is 6.90. The van der Waals surface area contributed by atoms with Gasteiger partial charge in [0.1, 0.15) is 0 Å². The number of benzene rings is 2. The Kier molecular flexibility index (Phi) is 4.60. The molecule has 0 bridgehead atoms. The lowest BCUT2D eigenvalue weighted by atomic mass is 9.94. The van der Waals surface area contributed by atoms with E-state index in [1.165, 1.54) is 48.4 Å². The molecule has 0 radical (unpaired) electrons. The Morgan fingerprint density at radius 1 is 0.952 bits per heavy atom. The maximum absolute atomic E-state index is 3.92. The molecule has 21 heavy (non-hydrogen) atoms. The molecule has 2 aromatic carbocycles. The standard InChI is InChI=1S/C20H27N/c1-15-9-4-3-5-14-20(15)21-16(2)18-13-8-11-17-10-6-7-12-19(17)18/h6-8,10-13,15-16,20-21H,3-5,9,14H2,1-2H3. The average Bonchev–Trinajstić information content (AvgIpc) is 2.71. The number of hydrogen-bond donors (Lipinski definition) is 1. The molecule has 3 atom stereocenters. The molecule has 1 saturated carbocycles. The van der Waals surface area contributed by atoms with Crippen molar-refractivity contribution >= 4 is 10.8 Å². The van der Waals surface area contributed by atoms with Gasteiger partial charge in [-0.1, -0.05) is 68.7 Å². The van der Waals surface area contributed by atoms with Crippen LogP contribution in [0.5, 0.6) is 0 Å². The van der Waals surface area contributed by atoms with Gasteiger partial charge in [0.15, 0.2) is 0 Å². The molecular weight excluding hydrogens is 254 g/mol. The van der Waals surface area contributed by atoms with Crippen LogP contribution in [0.25, 0.3) is 10.8 Å². The van der Waals surface area contributed by atoms with Gasteiger partial charge in [0, 0.05) is 12.1 Å². The van der Waals surface area contributed by atoms with Crippen molar-refractivity contribution in [3.05, 3.63) is 48.0 Å². The molecule has 1 N–H and O–H groups in total. The summed E-state index contributed by atoms with van der Waals surface area (Å²) >= 11 is 0. The molecule has 0 amide bonds. The largest absolute Gasteiger partial charge is 0.307 e. The maximum Gasteiger partial charge on any atom is 0.0300 e. The minimum Gasteiger partial charge on any atom is -0.307 e. The third-order valence-electron chi connectivity index (χ3n) is 5.12. The van der Waals surface area contributed by atoms with Crippen LogP contribution in [0.3, 0.4) is 0 Å². The minimum atomic E-state index is 0.418. The van der Waals surface area contributed by atoms with Gasteiger partial charge >= 0.3 is 0 Å². The highest BCUT2D eigenvalue weighted by atomic mass is 15.0. The molecule has 0 aromatic heterocycles. The van der Waals surface area contributed by atoms with Gasteiger partial charge in [0.05, 0.1) is 0 Å². The first-order chi connectivity index (χ1) is 10.3. The number of nitrogens with one attached hydrogen (secondary N) is 1. The Balaban J connectivity index is 1.81. The van der Waals surface area contributed by atoms with E-state index in [-0.39, 0.29) is 0 Å². The van der Waals surface area contributed by atoms with Crippen molar-refractivity contribution in [2.75, 3.05) is 0 Å². The Bertz CT molecular complexity index is 584. The van der Waals surface area contributed by atoms with E-state index in [9.17, 15) is 0 Å². The van der Waals surface area contributed by atoms with E-state index >= 15 is 0 Å². The lowest BCUT2D eigenvalue weighted by molar-refractivity contribution is 0.331. The smallest absolute Gasteiger partial charge is 0.0300 e. The number of fused-ring (bicyclic) bond motifs is 1. The summed E-state index contributed by atoms with van der Waals surface area (Å²) in [5.74, 6) is 0.796. The van der Waals surface area contributed by atoms with Crippen LogP contribution in [0.4, 0.5) is 0 Å². The lowest BCUT2D eigenvalue weighted by Crippen LogP contribution is -2.36. The molecule has 3 rings (SSSR count). The van der Waals surface area contributed by atoms with E-state index in [0.29, 0.717) is 12.1 Å². The van der Waals surface area contributed by atoms with Crippen molar-refractivity contribution in [2.24, 2.45) is 5.92 Å². The zero-order chi connectivity index (χ0) is 14.7. The molecular formula is C20H27N. The summed E-state index contributed by atoms with van der Waals surface area (Å²) in [4.78, 5) is 0. The van der Waals surface area contributed by atoms with E-state index in [0.717, 1.165) is 5.92 Å². The summed E-state index contributed by atoms with van der Waals surface area (Å²) < 4.78 is 0. The van der Waals surface area contributed by atoms with Crippen LogP contribution >= 0.6 is 0 Å². The number of rotatable bonds is 3. The van der Waals surface area contributed by atoms with Gasteiger partial charge in [0.25, 0.3) is 0 Å². The second-order valence-corrected chi connectivity index (χ2v) is 6.68. The fourth-order valence-corrected chi connectivity index (χ4v) is 3.78. The quantitative estimate of drug-likeness (QED) is 0.737. The normalized spacial score (nSPS) is 24.7. The molecule has 0 spiro atoms. The van der Waals surface area contributed by atoms with Crippen LogP contribution in [0.15, 0.2) is 42.5 Å². The van der Waals surface area contributed by atoms with E-state index in [2.05, 4.69) is 61.6 Å². The monoisotopic (exact) mass is 281 g/mol. The van der Waals surface area contributed by atoms with E-state index in [4.69, 9.17) is 0 Å². The van der Waals surface area contributed by atoms with Gasteiger partial charge in [-0.05, 0) is 42.0 Å². The molecule has 2 aromatic rings. The molecule has 112 valence electrons. The van der Waals surface area contributed by atoms with Gasteiger partial charge in [-0.3, -0.25) is 0 Å². The van der Waals surface area contributed by atoms with E-state index < -0.39 is 0 Å². The SMILES string of the molecule is CC(NC1CCCCCC1C)c1cccc2ccccc12. The predicted molar refractivity (Wildman–Crippen MR) is 91.5 cm³/mol. The third kappa shape index (κ3) is 3.29. The fourth-order valence-electron chi connectivity index (χ4n) is 3.78. The zero-order valence-electron chi connectivity index (χ0n) is 13.3. The van der Waals surface area contributed by atoms with Gasteiger partial charge in [-0.15, -0.1) is 0 Å². The van der Waals surface area contributed by atoms with E-state index in [1.807, 2.05) is 0 Å². The number of hydrogen-bond acceptors (Lipinski definition) is 1. The van der Waals surface area contributed by atoms with Crippen LogP contribution in [0, 0.1) is 5.92 Å². The van der Waals surface area contributed by atoms with Crippen LogP contribution in [-0.2, 0) is 0 Å². The first-order valence-electron chi connectivity index (χ1n) is 8.49. The second kappa shape index (κ2) is 6.62. The zero-order valence-corrected chi connectivity index (χ0v) is 13.3. The van der Waals surface area contributed by atoms with Gasteiger partial charge < -0.3 is 5.32 Å². The van der Waals surface area contributed by atoms with Crippen LogP contribution in [0.2, 0.25) is 0 Å². The fraction of sp³-hybridized carbons (Fsp3) is 0.500. The maximum atomic E-state index is 3.92. The van der Waals surface area contributed by atoms with Crippen molar-refractivity contribution in [3.8, 4) is 0 Å². The van der Waals surface area contributed by atoms with Gasteiger partial charge in [0.2, 0.25) is 0 Å². The van der Waals surface area contributed by atoms with Crippen molar-refractivity contribution in [3.63, 3.8) is 0 Å². The lowest BCUT2D eigenvalue weighted by Gasteiger charge is -2.27. The van der Waals surface area contributed by atoms with Crippen LogP contribution in [0.1, 0.15) is 57.6 Å². The van der Waals surface area contributed by atoms with Crippen molar-refractivity contribution in [1.29, 1.82) is 0 Å².